The Labute approximate surface area is 199 Å². The number of ether oxygens (including phenoxy) is 1. The summed E-state index contributed by atoms with van der Waals surface area (Å²) in [6.45, 7) is 3.86. The Kier molecular flexibility index (Phi) is 7.30. The predicted molar refractivity (Wildman–Crippen MR) is 128 cm³/mol. The van der Waals surface area contributed by atoms with E-state index >= 15 is 0 Å². The van der Waals surface area contributed by atoms with Crippen LogP contribution < -0.4 is 10.6 Å². The fourth-order valence-electron chi connectivity index (χ4n) is 4.97. The van der Waals surface area contributed by atoms with Gasteiger partial charge in [0.1, 0.15) is 12.6 Å². The van der Waals surface area contributed by atoms with Gasteiger partial charge >= 0.3 is 12.1 Å². The molecule has 1 saturated carbocycles. The van der Waals surface area contributed by atoms with Crippen molar-refractivity contribution < 1.29 is 24.2 Å². The second kappa shape index (κ2) is 10.5. The maximum absolute atomic E-state index is 12.8. The minimum atomic E-state index is -0.836. The predicted octanol–water partition coefficient (Wildman–Crippen LogP) is 4.23. The van der Waals surface area contributed by atoms with E-state index in [2.05, 4.69) is 29.3 Å². The normalized spacial score (nSPS) is 19.5. The lowest BCUT2D eigenvalue weighted by atomic mass is 9.98. The van der Waals surface area contributed by atoms with E-state index in [0.717, 1.165) is 22.3 Å². The first kappa shape index (κ1) is 23.5. The number of fused-ring (bicyclic) bond motifs is 3. The lowest BCUT2D eigenvalue weighted by molar-refractivity contribution is -0.141. The molecule has 1 fully saturated rings. The van der Waals surface area contributed by atoms with Gasteiger partial charge in [-0.05, 0) is 54.4 Å². The number of benzene rings is 2. The molecular formula is C27H30N2O5. The minimum absolute atomic E-state index is 0.0648. The van der Waals surface area contributed by atoms with E-state index in [1.807, 2.05) is 36.4 Å². The van der Waals surface area contributed by atoms with E-state index in [-0.39, 0.29) is 24.5 Å². The van der Waals surface area contributed by atoms with Crippen molar-refractivity contribution in [1.82, 2.24) is 10.6 Å². The average Bonchev–Trinajstić information content (AvgIpc) is 3.43. The zero-order valence-corrected chi connectivity index (χ0v) is 19.0. The van der Waals surface area contributed by atoms with E-state index in [9.17, 15) is 19.5 Å². The molecule has 2 aromatic carbocycles. The highest BCUT2D eigenvalue weighted by Crippen LogP contribution is 2.44. The number of aliphatic carboxylic acids is 1. The molecule has 7 heteroatoms. The van der Waals surface area contributed by atoms with Crippen LogP contribution in [0.4, 0.5) is 4.79 Å². The first-order chi connectivity index (χ1) is 16.5. The van der Waals surface area contributed by atoms with Crippen molar-refractivity contribution in [3.05, 3.63) is 72.3 Å². The summed E-state index contributed by atoms with van der Waals surface area (Å²) in [5, 5.41) is 14.8. The SMILES string of the molecule is C=CCCC(NC(=O)OCC1c2ccccc2-c2ccccc21)C(=O)NC1CCC(C(=O)O)C1. The molecule has 4 rings (SSSR count). The molecule has 2 aliphatic rings. The molecule has 3 unspecified atom stereocenters. The monoisotopic (exact) mass is 462 g/mol. The number of carboxylic acids is 1. The van der Waals surface area contributed by atoms with Crippen molar-refractivity contribution in [2.45, 2.75) is 50.1 Å². The van der Waals surface area contributed by atoms with Crippen LogP contribution in [0.1, 0.15) is 49.1 Å². The summed E-state index contributed by atoms with van der Waals surface area (Å²) in [5.74, 6) is -1.67. The summed E-state index contributed by atoms with van der Waals surface area (Å²) in [6, 6.07) is 15.2. The molecule has 2 aromatic rings. The summed E-state index contributed by atoms with van der Waals surface area (Å²) in [5.41, 5.74) is 4.52. The zero-order chi connectivity index (χ0) is 24.1. The average molecular weight is 463 g/mol. The number of alkyl carbamates (subject to hydrolysis) is 1. The van der Waals surface area contributed by atoms with Crippen LogP contribution in [0.25, 0.3) is 11.1 Å². The maximum atomic E-state index is 12.8. The number of amides is 2. The number of hydrogen-bond acceptors (Lipinski definition) is 4. The van der Waals surface area contributed by atoms with Crippen molar-refractivity contribution in [3.8, 4) is 11.1 Å². The van der Waals surface area contributed by atoms with Gasteiger partial charge in [0.05, 0.1) is 5.92 Å². The molecule has 0 aromatic heterocycles. The number of rotatable bonds is 9. The van der Waals surface area contributed by atoms with Gasteiger partial charge in [-0.1, -0.05) is 54.6 Å². The summed E-state index contributed by atoms with van der Waals surface area (Å²) in [6.07, 6.45) is 3.52. The second-order valence-corrected chi connectivity index (χ2v) is 8.94. The second-order valence-electron chi connectivity index (χ2n) is 8.94. The highest BCUT2D eigenvalue weighted by atomic mass is 16.5. The highest BCUT2D eigenvalue weighted by Gasteiger charge is 2.33. The van der Waals surface area contributed by atoms with Crippen LogP contribution in [-0.4, -0.2) is 41.8 Å². The Bertz CT molecular complexity index is 1040. The lowest BCUT2D eigenvalue weighted by Crippen LogP contribution is -2.49. The number of allylic oxidation sites excluding steroid dienone is 1. The fourth-order valence-corrected chi connectivity index (χ4v) is 4.97. The Hall–Kier alpha value is -3.61. The molecule has 178 valence electrons. The molecule has 0 spiro atoms. The highest BCUT2D eigenvalue weighted by molar-refractivity contribution is 5.86. The first-order valence-corrected chi connectivity index (χ1v) is 11.7. The van der Waals surface area contributed by atoms with E-state index in [4.69, 9.17) is 4.74 Å². The van der Waals surface area contributed by atoms with Crippen molar-refractivity contribution in [2.24, 2.45) is 5.92 Å². The van der Waals surface area contributed by atoms with Crippen molar-refractivity contribution >= 4 is 18.0 Å². The number of carboxylic acid groups (broad SMARTS) is 1. The van der Waals surface area contributed by atoms with E-state index in [1.54, 1.807) is 6.08 Å². The third kappa shape index (κ3) is 5.14. The Balaban J connectivity index is 1.37. The van der Waals surface area contributed by atoms with Crippen LogP contribution in [0.5, 0.6) is 0 Å². The van der Waals surface area contributed by atoms with Crippen molar-refractivity contribution in [2.75, 3.05) is 6.61 Å². The van der Waals surface area contributed by atoms with Crippen LogP contribution >= 0.6 is 0 Å². The molecule has 0 bridgehead atoms. The van der Waals surface area contributed by atoms with Crippen LogP contribution in [0.3, 0.4) is 0 Å². The summed E-state index contributed by atoms with van der Waals surface area (Å²) < 4.78 is 5.59. The van der Waals surface area contributed by atoms with Gasteiger partial charge in [-0.25, -0.2) is 4.79 Å². The summed E-state index contributed by atoms with van der Waals surface area (Å²) >= 11 is 0. The molecule has 0 saturated heterocycles. The smallest absolute Gasteiger partial charge is 0.407 e. The van der Waals surface area contributed by atoms with Gasteiger partial charge in [0.25, 0.3) is 0 Å². The molecule has 34 heavy (non-hydrogen) atoms. The van der Waals surface area contributed by atoms with Crippen molar-refractivity contribution in [3.63, 3.8) is 0 Å². The van der Waals surface area contributed by atoms with E-state index in [0.29, 0.717) is 32.1 Å². The van der Waals surface area contributed by atoms with Crippen LogP contribution in [0, 0.1) is 5.92 Å². The van der Waals surface area contributed by atoms with Crippen LogP contribution in [0.15, 0.2) is 61.2 Å². The molecule has 7 nitrogen and oxygen atoms in total. The van der Waals surface area contributed by atoms with Gasteiger partial charge in [0, 0.05) is 12.0 Å². The van der Waals surface area contributed by atoms with Gasteiger partial charge in [-0.3, -0.25) is 9.59 Å². The van der Waals surface area contributed by atoms with E-state index in [1.165, 1.54) is 0 Å². The Morgan fingerprint density at radius 1 is 1.06 bits per heavy atom. The van der Waals surface area contributed by atoms with Crippen LogP contribution in [0.2, 0.25) is 0 Å². The van der Waals surface area contributed by atoms with Gasteiger partial charge in [0.2, 0.25) is 5.91 Å². The Morgan fingerprint density at radius 3 is 2.29 bits per heavy atom. The van der Waals surface area contributed by atoms with Crippen LogP contribution in [-0.2, 0) is 14.3 Å². The van der Waals surface area contributed by atoms with Gasteiger partial charge in [0.15, 0.2) is 0 Å². The van der Waals surface area contributed by atoms with E-state index < -0.39 is 24.0 Å². The summed E-state index contributed by atoms with van der Waals surface area (Å²) in [4.78, 5) is 36.7. The zero-order valence-electron chi connectivity index (χ0n) is 19.0. The maximum Gasteiger partial charge on any atom is 0.407 e. The third-order valence-corrected chi connectivity index (χ3v) is 6.74. The standard InChI is InChI=1S/C27H30N2O5/c1-2-3-12-24(25(30)28-18-14-13-17(15-18)26(31)32)29-27(33)34-16-23-21-10-6-4-8-19(21)20-9-5-7-11-22(20)23/h2,4-11,17-18,23-24H,1,3,12-16H2,(H,28,30)(H,29,33)(H,31,32). The molecular weight excluding hydrogens is 432 g/mol. The number of carbonyl (C=O) groups is 3. The molecule has 0 aliphatic heterocycles. The van der Waals surface area contributed by atoms with Gasteiger partial charge in [-0.2, -0.15) is 0 Å². The van der Waals surface area contributed by atoms with Gasteiger partial charge in [-0.15, -0.1) is 6.58 Å². The fraction of sp³-hybridized carbons (Fsp3) is 0.370. The summed E-state index contributed by atoms with van der Waals surface area (Å²) in [7, 11) is 0. The topological polar surface area (TPSA) is 105 Å². The minimum Gasteiger partial charge on any atom is -0.481 e. The third-order valence-electron chi connectivity index (χ3n) is 6.74. The number of nitrogens with one attached hydrogen (secondary N) is 2. The number of hydrogen-bond donors (Lipinski definition) is 3. The molecule has 2 amide bonds. The molecule has 0 heterocycles. The molecule has 0 radical (unpaired) electrons. The Morgan fingerprint density at radius 2 is 1.71 bits per heavy atom. The van der Waals surface area contributed by atoms with Gasteiger partial charge < -0.3 is 20.5 Å². The quantitative estimate of drug-likeness (QED) is 0.484. The molecule has 2 aliphatic carbocycles. The molecule has 3 atom stereocenters. The van der Waals surface area contributed by atoms with Crippen molar-refractivity contribution in [1.29, 1.82) is 0 Å². The first-order valence-electron chi connectivity index (χ1n) is 11.7. The lowest BCUT2D eigenvalue weighted by Gasteiger charge is -2.21. The largest absolute Gasteiger partial charge is 0.481 e. The molecule has 3 N–H and O–H groups in total. The number of carbonyl (C=O) groups excluding carboxylic acids is 2.